The van der Waals surface area contributed by atoms with Crippen LogP contribution in [-0.4, -0.2) is 20.5 Å². The van der Waals surface area contributed by atoms with E-state index in [0.717, 1.165) is 5.56 Å². The Balaban J connectivity index is 2.23. The third kappa shape index (κ3) is 2.69. The molecule has 2 aromatic carbocycles. The molecule has 3 aromatic rings. The number of nitro groups is 1. The molecule has 3 rings (SSSR count). The van der Waals surface area contributed by atoms with E-state index in [4.69, 9.17) is 0 Å². The molecule has 0 unspecified atom stereocenters. The predicted molar refractivity (Wildman–Crippen MR) is 90.4 cm³/mol. The molecule has 0 fully saturated rings. The van der Waals surface area contributed by atoms with Gasteiger partial charge >= 0.3 is 0 Å². The van der Waals surface area contributed by atoms with Crippen molar-refractivity contribution in [2.75, 3.05) is 0 Å². The molecule has 0 saturated carbocycles. The van der Waals surface area contributed by atoms with Gasteiger partial charge in [-0.3, -0.25) is 14.9 Å². The van der Waals surface area contributed by atoms with Crippen molar-refractivity contribution in [2.45, 2.75) is 13.8 Å². The van der Waals surface area contributed by atoms with Gasteiger partial charge in [-0.15, -0.1) is 0 Å². The molecule has 0 saturated heterocycles. The lowest BCUT2D eigenvalue weighted by atomic mass is 10.0. The molecule has 0 N–H and O–H groups in total. The van der Waals surface area contributed by atoms with Gasteiger partial charge in [0.1, 0.15) is 0 Å². The van der Waals surface area contributed by atoms with E-state index in [9.17, 15) is 14.9 Å². The fraction of sp³-hybridized carbons (Fsp3) is 0.111. The third-order valence-corrected chi connectivity index (χ3v) is 3.76. The van der Waals surface area contributed by atoms with E-state index >= 15 is 0 Å². The molecule has 0 spiro atoms. The summed E-state index contributed by atoms with van der Waals surface area (Å²) in [4.78, 5) is 22.5. The molecule has 0 atom stereocenters. The van der Waals surface area contributed by atoms with Gasteiger partial charge in [0.25, 0.3) is 5.69 Å². The third-order valence-electron chi connectivity index (χ3n) is 3.76. The lowest BCUT2D eigenvalue weighted by molar-refractivity contribution is -0.384. The number of aryl methyl sites for hydroxylation is 1. The summed E-state index contributed by atoms with van der Waals surface area (Å²) in [6, 6.07) is 15.6. The Morgan fingerprint density at radius 3 is 2.25 bits per heavy atom. The first-order valence-electron chi connectivity index (χ1n) is 7.40. The largest absolute Gasteiger partial charge is 0.294 e. The topological polar surface area (TPSA) is 78.0 Å². The Labute approximate surface area is 138 Å². The monoisotopic (exact) mass is 321 g/mol. The first-order chi connectivity index (χ1) is 11.5. The second kappa shape index (κ2) is 6.08. The number of hydrogen-bond donors (Lipinski definition) is 0. The van der Waals surface area contributed by atoms with E-state index in [1.807, 2.05) is 30.3 Å². The number of hydrogen-bond acceptors (Lipinski definition) is 4. The van der Waals surface area contributed by atoms with Crippen LogP contribution in [-0.2, 0) is 0 Å². The molecule has 1 aromatic heterocycles. The van der Waals surface area contributed by atoms with Crippen LogP contribution in [0.2, 0.25) is 0 Å². The highest BCUT2D eigenvalue weighted by Gasteiger charge is 2.21. The van der Waals surface area contributed by atoms with Gasteiger partial charge in [-0.2, -0.15) is 5.10 Å². The van der Waals surface area contributed by atoms with Crippen LogP contribution in [0, 0.1) is 17.0 Å². The van der Waals surface area contributed by atoms with E-state index in [-0.39, 0.29) is 11.5 Å². The lowest BCUT2D eigenvalue weighted by Gasteiger charge is -2.09. The zero-order valence-corrected chi connectivity index (χ0v) is 13.3. The van der Waals surface area contributed by atoms with E-state index in [1.165, 1.54) is 19.1 Å². The number of carbonyl (C=O) groups is 1. The normalized spacial score (nSPS) is 10.6. The summed E-state index contributed by atoms with van der Waals surface area (Å²) in [7, 11) is 0. The Morgan fingerprint density at radius 2 is 1.71 bits per heavy atom. The SMILES string of the molecule is CC(=O)c1c(C)nn(-c2ccc([N+](=O)[O-])cc2)c1-c1ccccc1. The minimum Gasteiger partial charge on any atom is -0.294 e. The Hall–Kier alpha value is -3.28. The van der Waals surface area contributed by atoms with Crippen LogP contribution >= 0.6 is 0 Å². The van der Waals surface area contributed by atoms with E-state index in [2.05, 4.69) is 5.10 Å². The van der Waals surface area contributed by atoms with E-state index in [1.54, 1.807) is 23.7 Å². The average Bonchev–Trinajstić information content (AvgIpc) is 2.93. The summed E-state index contributed by atoms with van der Waals surface area (Å²) in [5.74, 6) is -0.0699. The minimum atomic E-state index is -0.447. The highest BCUT2D eigenvalue weighted by Crippen LogP contribution is 2.29. The Morgan fingerprint density at radius 1 is 1.08 bits per heavy atom. The number of carbonyl (C=O) groups excluding carboxylic acids is 1. The smallest absolute Gasteiger partial charge is 0.269 e. The van der Waals surface area contributed by atoms with E-state index in [0.29, 0.717) is 22.6 Å². The van der Waals surface area contributed by atoms with Crippen molar-refractivity contribution in [1.29, 1.82) is 0 Å². The van der Waals surface area contributed by atoms with Crippen LogP contribution in [0.15, 0.2) is 54.6 Å². The number of benzene rings is 2. The van der Waals surface area contributed by atoms with Crippen molar-refractivity contribution in [3.8, 4) is 16.9 Å². The van der Waals surface area contributed by atoms with Gasteiger partial charge in [0.2, 0.25) is 0 Å². The molecule has 1 heterocycles. The second-order valence-corrected chi connectivity index (χ2v) is 5.42. The summed E-state index contributed by atoms with van der Waals surface area (Å²) < 4.78 is 1.66. The standard InChI is InChI=1S/C18H15N3O3/c1-12-17(13(2)22)18(14-6-4-3-5-7-14)20(19-12)15-8-10-16(11-9-15)21(23)24/h3-11H,1-2H3. The maximum Gasteiger partial charge on any atom is 0.269 e. The zero-order valence-electron chi connectivity index (χ0n) is 13.3. The van der Waals surface area contributed by atoms with Crippen molar-refractivity contribution in [2.24, 2.45) is 0 Å². The van der Waals surface area contributed by atoms with Gasteiger partial charge in [-0.1, -0.05) is 30.3 Å². The summed E-state index contributed by atoms with van der Waals surface area (Å²) in [6.45, 7) is 3.29. The minimum absolute atomic E-state index is 0.00989. The van der Waals surface area contributed by atoms with Crippen molar-refractivity contribution >= 4 is 11.5 Å². The second-order valence-electron chi connectivity index (χ2n) is 5.42. The molecule has 0 amide bonds. The number of ketones is 1. The fourth-order valence-corrected chi connectivity index (χ4v) is 2.71. The fourth-order valence-electron chi connectivity index (χ4n) is 2.71. The van der Waals surface area contributed by atoms with Crippen molar-refractivity contribution in [3.05, 3.63) is 76.0 Å². The summed E-state index contributed by atoms with van der Waals surface area (Å²) in [5, 5.41) is 15.3. The van der Waals surface area contributed by atoms with Crippen LogP contribution in [0.5, 0.6) is 0 Å². The van der Waals surface area contributed by atoms with Gasteiger partial charge in [0.15, 0.2) is 5.78 Å². The van der Waals surface area contributed by atoms with Crippen molar-refractivity contribution in [3.63, 3.8) is 0 Å². The number of Topliss-reactive ketones (excluding diaryl/α,β-unsaturated/α-hetero) is 1. The van der Waals surface area contributed by atoms with Gasteiger partial charge in [0, 0.05) is 17.7 Å². The zero-order chi connectivity index (χ0) is 17.3. The quantitative estimate of drug-likeness (QED) is 0.414. The van der Waals surface area contributed by atoms with Gasteiger partial charge in [-0.25, -0.2) is 4.68 Å². The highest BCUT2D eigenvalue weighted by molar-refractivity contribution is 6.01. The molecule has 6 heteroatoms. The Kier molecular flexibility index (Phi) is 3.95. The number of rotatable bonds is 4. The molecule has 24 heavy (non-hydrogen) atoms. The number of nitro benzene ring substituents is 1. The number of aromatic nitrogens is 2. The first kappa shape index (κ1) is 15.6. The molecular weight excluding hydrogens is 306 g/mol. The molecule has 0 aliphatic heterocycles. The van der Waals surface area contributed by atoms with Crippen molar-refractivity contribution < 1.29 is 9.72 Å². The molecule has 0 aliphatic carbocycles. The van der Waals surface area contributed by atoms with Gasteiger partial charge < -0.3 is 0 Å². The maximum atomic E-state index is 12.1. The van der Waals surface area contributed by atoms with Gasteiger partial charge in [-0.05, 0) is 26.0 Å². The van der Waals surface area contributed by atoms with Crippen LogP contribution < -0.4 is 0 Å². The summed E-state index contributed by atoms with van der Waals surface area (Å²) in [5.41, 5.74) is 3.40. The van der Waals surface area contributed by atoms with Crippen LogP contribution in [0.3, 0.4) is 0 Å². The van der Waals surface area contributed by atoms with Gasteiger partial charge in [0.05, 0.1) is 27.6 Å². The highest BCUT2D eigenvalue weighted by atomic mass is 16.6. The molecule has 6 nitrogen and oxygen atoms in total. The molecule has 120 valence electrons. The lowest BCUT2D eigenvalue weighted by Crippen LogP contribution is -2.02. The van der Waals surface area contributed by atoms with Crippen LogP contribution in [0.1, 0.15) is 23.0 Å². The molecular formula is C18H15N3O3. The Bertz CT molecular complexity index is 913. The van der Waals surface area contributed by atoms with Crippen LogP contribution in [0.4, 0.5) is 5.69 Å². The van der Waals surface area contributed by atoms with E-state index < -0.39 is 4.92 Å². The predicted octanol–water partition coefficient (Wildman–Crippen LogP) is 3.96. The van der Waals surface area contributed by atoms with Crippen molar-refractivity contribution in [1.82, 2.24) is 9.78 Å². The molecule has 0 radical (unpaired) electrons. The maximum absolute atomic E-state index is 12.1. The number of nitrogens with zero attached hydrogens (tertiary/aromatic N) is 3. The first-order valence-corrected chi connectivity index (χ1v) is 7.40. The summed E-state index contributed by atoms with van der Waals surface area (Å²) in [6.07, 6.45) is 0. The average molecular weight is 321 g/mol. The number of non-ortho nitro benzene ring substituents is 1. The molecule has 0 aliphatic rings. The summed E-state index contributed by atoms with van der Waals surface area (Å²) >= 11 is 0. The van der Waals surface area contributed by atoms with Crippen LogP contribution in [0.25, 0.3) is 16.9 Å². The molecule has 0 bridgehead atoms.